The predicted octanol–water partition coefficient (Wildman–Crippen LogP) is 4.24. The highest BCUT2D eigenvalue weighted by Crippen LogP contribution is 2.36. The van der Waals surface area contributed by atoms with E-state index in [4.69, 9.17) is 32.7 Å². The van der Waals surface area contributed by atoms with E-state index in [0.29, 0.717) is 13.2 Å². The number of carbonyl (C=O) groups is 1. The first kappa shape index (κ1) is 23.1. The third-order valence-corrected chi connectivity index (χ3v) is 5.71. The lowest BCUT2D eigenvalue weighted by Crippen LogP contribution is -2.30. The van der Waals surface area contributed by atoms with Gasteiger partial charge < -0.3 is 14.6 Å². The van der Waals surface area contributed by atoms with E-state index in [0.717, 1.165) is 23.8 Å². The van der Waals surface area contributed by atoms with E-state index in [1.807, 2.05) is 13.0 Å². The molecule has 0 amide bonds. The Morgan fingerprint density at radius 3 is 2.61 bits per heavy atom. The molecule has 9 heteroatoms. The van der Waals surface area contributed by atoms with Gasteiger partial charge >= 0.3 is 0 Å². The van der Waals surface area contributed by atoms with E-state index in [1.165, 1.54) is 19.1 Å². The van der Waals surface area contributed by atoms with Crippen LogP contribution in [-0.4, -0.2) is 34.8 Å². The Bertz CT molecular complexity index is 1090. The fourth-order valence-corrected chi connectivity index (χ4v) is 4.16. The van der Waals surface area contributed by atoms with Crippen LogP contribution >= 0.6 is 23.2 Å². The van der Waals surface area contributed by atoms with E-state index in [-0.39, 0.29) is 50.7 Å². The van der Waals surface area contributed by atoms with Gasteiger partial charge in [-0.2, -0.15) is 5.26 Å². The second-order valence-electron chi connectivity index (χ2n) is 7.31. The van der Waals surface area contributed by atoms with Crippen molar-refractivity contribution in [3.63, 3.8) is 0 Å². The third kappa shape index (κ3) is 4.57. The molecule has 1 atom stereocenters. The van der Waals surface area contributed by atoms with Gasteiger partial charge in [0, 0.05) is 12.2 Å². The maximum absolute atomic E-state index is 13.3. The summed E-state index contributed by atoms with van der Waals surface area (Å²) >= 11 is 12.5. The zero-order valence-electron chi connectivity index (χ0n) is 17.2. The van der Waals surface area contributed by atoms with E-state index in [1.54, 1.807) is 0 Å². The molecule has 1 aliphatic heterocycles. The number of hydrogen-bond donors (Lipinski definition) is 1. The number of rotatable bonds is 7. The lowest BCUT2D eigenvalue weighted by Gasteiger charge is -2.18. The smallest absolute Gasteiger partial charge is 0.271 e. The first-order valence-electron chi connectivity index (χ1n) is 9.94. The van der Waals surface area contributed by atoms with Crippen LogP contribution in [0.25, 0.3) is 0 Å². The van der Waals surface area contributed by atoms with Crippen LogP contribution in [0.15, 0.2) is 16.9 Å². The number of halogens is 2. The first-order chi connectivity index (χ1) is 14.8. The molecule has 1 aliphatic rings. The van der Waals surface area contributed by atoms with E-state index in [9.17, 15) is 20.0 Å². The predicted molar refractivity (Wildman–Crippen MR) is 116 cm³/mol. The maximum Gasteiger partial charge on any atom is 0.271 e. The molecule has 0 aliphatic carbocycles. The van der Waals surface area contributed by atoms with Crippen molar-refractivity contribution < 1.29 is 19.4 Å². The quantitative estimate of drug-likeness (QED) is 0.614. The number of pyridine rings is 1. The minimum absolute atomic E-state index is 0.0468. The average molecular weight is 465 g/mol. The molecule has 0 bridgehead atoms. The van der Waals surface area contributed by atoms with Gasteiger partial charge in [-0.15, -0.1) is 0 Å². The normalized spacial score (nSPS) is 15.6. The Morgan fingerprint density at radius 1 is 1.39 bits per heavy atom. The number of nitrogens with zero attached hydrogens (tertiary/aromatic N) is 2. The topological polar surface area (TPSA) is 102 Å². The number of aromatic hydroxyl groups is 1. The van der Waals surface area contributed by atoms with Crippen LogP contribution in [0.4, 0.5) is 0 Å². The summed E-state index contributed by atoms with van der Waals surface area (Å²) in [5, 5.41) is 20.7. The molecule has 1 N–H and O–H groups in total. The van der Waals surface area contributed by atoms with Gasteiger partial charge in [-0.1, -0.05) is 30.1 Å². The molecule has 31 heavy (non-hydrogen) atoms. The minimum atomic E-state index is -0.663. The molecule has 0 saturated carbocycles. The molecule has 3 rings (SSSR count). The number of hydrogen-bond acceptors (Lipinski definition) is 6. The number of carbonyl (C=O) groups excluding carboxylic acids is 1. The highest BCUT2D eigenvalue weighted by molar-refractivity contribution is 6.38. The molecule has 1 aromatic carbocycles. The summed E-state index contributed by atoms with van der Waals surface area (Å²) in [4.78, 5) is 26.1. The second-order valence-corrected chi connectivity index (χ2v) is 8.12. The molecular formula is C22H22Cl2N2O5. The molecule has 0 radical (unpaired) electrons. The molecule has 1 unspecified atom stereocenters. The lowest BCUT2D eigenvalue weighted by atomic mass is 9.97. The molecular weight excluding hydrogens is 443 g/mol. The maximum atomic E-state index is 13.3. The summed E-state index contributed by atoms with van der Waals surface area (Å²) in [6, 6.07) is 4.63. The van der Waals surface area contributed by atoms with Crippen LogP contribution in [0.2, 0.25) is 10.0 Å². The van der Waals surface area contributed by atoms with Gasteiger partial charge in [-0.3, -0.25) is 14.2 Å². The molecule has 7 nitrogen and oxygen atoms in total. The molecule has 1 saturated heterocycles. The van der Waals surface area contributed by atoms with Crippen molar-refractivity contribution in [2.75, 3.05) is 13.2 Å². The molecule has 164 valence electrons. The minimum Gasteiger partial charge on any atom is -0.494 e. The molecule has 2 heterocycles. The fraction of sp³-hybridized carbons (Fsp3) is 0.409. The van der Waals surface area contributed by atoms with Crippen LogP contribution in [0.3, 0.4) is 0 Å². The number of nitriles is 1. The van der Waals surface area contributed by atoms with Crippen LogP contribution in [0.1, 0.15) is 53.2 Å². The van der Waals surface area contributed by atoms with Crippen LogP contribution in [0.5, 0.6) is 11.6 Å². The van der Waals surface area contributed by atoms with Gasteiger partial charge in [0.25, 0.3) is 5.56 Å². The Kier molecular flexibility index (Phi) is 7.26. The van der Waals surface area contributed by atoms with Crippen LogP contribution in [0, 0.1) is 18.3 Å². The molecule has 2 aromatic rings. The Hall–Kier alpha value is -2.53. The van der Waals surface area contributed by atoms with Gasteiger partial charge in [-0.05, 0) is 43.9 Å². The van der Waals surface area contributed by atoms with Gasteiger partial charge in [0.05, 0.1) is 34.9 Å². The Morgan fingerprint density at radius 2 is 2.06 bits per heavy atom. The SMILES string of the molecule is CCCOc1c(Cl)cc(C(=O)c2c(C)c(C#N)c(=O)n(CC3CCCO3)c2O)cc1Cl. The van der Waals surface area contributed by atoms with Crippen LogP contribution < -0.4 is 10.3 Å². The zero-order valence-corrected chi connectivity index (χ0v) is 18.7. The molecule has 1 fully saturated rings. The largest absolute Gasteiger partial charge is 0.494 e. The number of ketones is 1. The van der Waals surface area contributed by atoms with Gasteiger partial charge in [0.15, 0.2) is 11.5 Å². The number of benzene rings is 1. The first-order valence-corrected chi connectivity index (χ1v) is 10.7. The van der Waals surface area contributed by atoms with Gasteiger partial charge in [0.1, 0.15) is 11.6 Å². The molecule has 1 aromatic heterocycles. The summed E-state index contributed by atoms with van der Waals surface area (Å²) < 4.78 is 12.1. The summed E-state index contributed by atoms with van der Waals surface area (Å²) in [5.74, 6) is -0.859. The number of ether oxygens (including phenoxy) is 2. The summed E-state index contributed by atoms with van der Waals surface area (Å²) in [5.41, 5.74) is -0.827. The van der Waals surface area contributed by atoms with Crippen molar-refractivity contribution in [1.29, 1.82) is 5.26 Å². The van der Waals surface area contributed by atoms with Crippen molar-refractivity contribution in [2.45, 2.75) is 45.8 Å². The second kappa shape index (κ2) is 9.73. The fourth-order valence-electron chi connectivity index (χ4n) is 3.56. The van der Waals surface area contributed by atoms with E-state index < -0.39 is 17.2 Å². The van der Waals surface area contributed by atoms with Crippen molar-refractivity contribution >= 4 is 29.0 Å². The van der Waals surface area contributed by atoms with Gasteiger partial charge in [-0.25, -0.2) is 0 Å². The molecule has 0 spiro atoms. The standard InChI is InChI=1S/C22H22Cl2N2O5/c1-3-6-31-20-16(23)8-13(9-17(20)24)19(27)18-12(2)15(10-25)21(28)26(22(18)29)11-14-5-4-7-30-14/h8-9,14,29H,3-7,11H2,1-2H3. The highest BCUT2D eigenvalue weighted by atomic mass is 35.5. The summed E-state index contributed by atoms with van der Waals surface area (Å²) in [6.07, 6.45) is 2.03. The highest BCUT2D eigenvalue weighted by Gasteiger charge is 2.28. The van der Waals surface area contributed by atoms with Crippen molar-refractivity contribution in [3.05, 3.63) is 54.8 Å². The van der Waals surface area contributed by atoms with E-state index >= 15 is 0 Å². The summed E-state index contributed by atoms with van der Waals surface area (Å²) in [7, 11) is 0. The van der Waals surface area contributed by atoms with Crippen molar-refractivity contribution in [1.82, 2.24) is 4.57 Å². The monoisotopic (exact) mass is 464 g/mol. The van der Waals surface area contributed by atoms with Crippen molar-refractivity contribution in [3.8, 4) is 17.7 Å². The van der Waals surface area contributed by atoms with Crippen molar-refractivity contribution in [2.24, 2.45) is 0 Å². The average Bonchev–Trinajstić information content (AvgIpc) is 3.24. The summed E-state index contributed by atoms with van der Waals surface area (Å²) in [6.45, 7) is 4.40. The zero-order chi connectivity index (χ0) is 22.7. The number of aromatic nitrogens is 1. The van der Waals surface area contributed by atoms with Crippen LogP contribution in [-0.2, 0) is 11.3 Å². The van der Waals surface area contributed by atoms with E-state index in [2.05, 4.69) is 0 Å². The van der Waals surface area contributed by atoms with Gasteiger partial charge in [0.2, 0.25) is 5.88 Å². The Labute approximate surface area is 189 Å². The lowest BCUT2D eigenvalue weighted by molar-refractivity contribution is 0.0929. The Balaban J connectivity index is 2.10. The third-order valence-electron chi connectivity index (χ3n) is 5.15.